The van der Waals surface area contributed by atoms with Gasteiger partial charge in [0.25, 0.3) is 0 Å². The van der Waals surface area contributed by atoms with Gasteiger partial charge >= 0.3 is 12.2 Å². The van der Waals surface area contributed by atoms with Gasteiger partial charge in [-0.15, -0.1) is 0 Å². The normalized spacial score (nSPS) is 21.3. The number of hydrogen-bond acceptors (Lipinski definition) is 4. The molecule has 1 aromatic carbocycles. The van der Waals surface area contributed by atoms with Crippen molar-refractivity contribution in [2.45, 2.75) is 25.0 Å². The molecule has 0 aliphatic heterocycles. The Morgan fingerprint density at radius 1 is 1.21 bits per heavy atom. The van der Waals surface area contributed by atoms with Crippen LogP contribution in [-0.2, 0) is 15.9 Å². The van der Waals surface area contributed by atoms with E-state index in [9.17, 15) is 14.0 Å². The van der Waals surface area contributed by atoms with Crippen LogP contribution < -0.4 is 11.5 Å². The summed E-state index contributed by atoms with van der Waals surface area (Å²) in [5.74, 6) is -0.540. The van der Waals surface area contributed by atoms with E-state index >= 15 is 0 Å². The summed E-state index contributed by atoms with van der Waals surface area (Å²) in [6, 6.07) is 4.52. The van der Waals surface area contributed by atoms with Crippen LogP contribution in [0.3, 0.4) is 0 Å². The Hall–Kier alpha value is -2.31. The van der Waals surface area contributed by atoms with E-state index in [1.54, 1.807) is 12.1 Å². The third-order valence-electron chi connectivity index (χ3n) is 2.97. The second kappa shape index (κ2) is 5.13. The zero-order valence-electron chi connectivity index (χ0n) is 9.97. The molecule has 0 heterocycles. The third kappa shape index (κ3) is 2.75. The highest BCUT2D eigenvalue weighted by atomic mass is 19.1. The number of primary amides is 2. The van der Waals surface area contributed by atoms with Crippen LogP contribution in [0.15, 0.2) is 18.2 Å². The first kappa shape index (κ1) is 13.1. The van der Waals surface area contributed by atoms with Gasteiger partial charge in [-0.2, -0.15) is 0 Å². The highest BCUT2D eigenvalue weighted by Crippen LogP contribution is 2.36. The van der Waals surface area contributed by atoms with E-state index in [0.717, 1.165) is 0 Å². The number of hydrogen-bond donors (Lipinski definition) is 2. The van der Waals surface area contributed by atoms with Crippen molar-refractivity contribution in [3.05, 3.63) is 35.1 Å². The van der Waals surface area contributed by atoms with Crippen LogP contribution in [0.4, 0.5) is 14.0 Å². The highest BCUT2D eigenvalue weighted by molar-refractivity contribution is 5.66. The highest BCUT2D eigenvalue weighted by Gasteiger charge is 2.36. The lowest BCUT2D eigenvalue weighted by atomic mass is 9.87. The van der Waals surface area contributed by atoms with E-state index in [2.05, 4.69) is 0 Å². The van der Waals surface area contributed by atoms with Gasteiger partial charge in [-0.25, -0.2) is 14.0 Å². The predicted octanol–water partition coefficient (Wildman–Crippen LogP) is 1.37. The van der Waals surface area contributed by atoms with Gasteiger partial charge in [-0.05, 0) is 24.5 Å². The van der Waals surface area contributed by atoms with E-state index in [4.69, 9.17) is 20.9 Å². The largest absolute Gasteiger partial charge is 0.442 e. The zero-order valence-corrected chi connectivity index (χ0v) is 9.97. The second-order valence-electron chi connectivity index (χ2n) is 4.18. The van der Waals surface area contributed by atoms with Gasteiger partial charge in [0.15, 0.2) is 6.10 Å². The van der Waals surface area contributed by atoms with E-state index in [1.807, 2.05) is 0 Å². The Morgan fingerprint density at radius 2 is 1.89 bits per heavy atom. The molecule has 0 aromatic heterocycles. The maximum Gasteiger partial charge on any atom is 0.405 e. The molecule has 6 nitrogen and oxygen atoms in total. The number of fused-ring (bicyclic) bond motifs is 1. The Labute approximate surface area is 108 Å². The topological polar surface area (TPSA) is 105 Å². The summed E-state index contributed by atoms with van der Waals surface area (Å²) in [5.41, 5.74) is 10.8. The molecule has 2 amide bonds. The number of benzene rings is 1. The van der Waals surface area contributed by atoms with Gasteiger partial charge in [0.1, 0.15) is 11.9 Å². The summed E-state index contributed by atoms with van der Waals surface area (Å²) in [6.45, 7) is 0. The van der Waals surface area contributed by atoms with Crippen LogP contribution >= 0.6 is 0 Å². The van der Waals surface area contributed by atoms with Gasteiger partial charge in [0.2, 0.25) is 0 Å². The summed E-state index contributed by atoms with van der Waals surface area (Å²) in [6.07, 6.45) is -3.13. The minimum Gasteiger partial charge on any atom is -0.442 e. The number of amides is 2. The van der Waals surface area contributed by atoms with Crippen molar-refractivity contribution >= 4 is 12.2 Å². The van der Waals surface area contributed by atoms with Crippen LogP contribution in [0.1, 0.15) is 23.7 Å². The molecule has 7 heteroatoms. The van der Waals surface area contributed by atoms with Crippen LogP contribution in [0.5, 0.6) is 0 Å². The average molecular weight is 268 g/mol. The number of rotatable bonds is 2. The molecule has 4 N–H and O–H groups in total. The lowest BCUT2D eigenvalue weighted by Gasteiger charge is -2.31. The Morgan fingerprint density at radius 3 is 2.53 bits per heavy atom. The summed E-state index contributed by atoms with van der Waals surface area (Å²) in [4.78, 5) is 21.8. The first-order valence-corrected chi connectivity index (χ1v) is 5.68. The van der Waals surface area contributed by atoms with E-state index < -0.39 is 30.2 Å². The van der Waals surface area contributed by atoms with Crippen LogP contribution in [0, 0.1) is 5.82 Å². The quantitative estimate of drug-likeness (QED) is 0.845. The maximum absolute atomic E-state index is 13.9. The summed E-state index contributed by atoms with van der Waals surface area (Å²) < 4.78 is 23.6. The van der Waals surface area contributed by atoms with E-state index in [1.165, 1.54) is 6.07 Å². The Bertz CT molecular complexity index is 520. The molecule has 0 radical (unpaired) electrons. The molecule has 0 fully saturated rings. The Kier molecular flexibility index (Phi) is 3.55. The fourth-order valence-corrected chi connectivity index (χ4v) is 2.28. The van der Waals surface area contributed by atoms with Gasteiger partial charge in [-0.3, -0.25) is 0 Å². The van der Waals surface area contributed by atoms with Crippen molar-refractivity contribution in [1.82, 2.24) is 0 Å². The minimum absolute atomic E-state index is 0.179. The number of carbonyl (C=O) groups is 2. The fourth-order valence-electron chi connectivity index (χ4n) is 2.28. The Balaban J connectivity index is 2.39. The summed E-state index contributed by atoms with van der Waals surface area (Å²) >= 11 is 0. The van der Waals surface area contributed by atoms with Crippen molar-refractivity contribution in [2.24, 2.45) is 11.5 Å². The lowest BCUT2D eigenvalue weighted by Crippen LogP contribution is -2.36. The van der Waals surface area contributed by atoms with Gasteiger partial charge < -0.3 is 20.9 Å². The monoisotopic (exact) mass is 268 g/mol. The molecule has 1 aromatic rings. The van der Waals surface area contributed by atoms with Gasteiger partial charge in [0.05, 0.1) is 0 Å². The molecular weight excluding hydrogens is 255 g/mol. The molecule has 102 valence electrons. The lowest BCUT2D eigenvalue weighted by molar-refractivity contribution is -0.0159. The number of carbonyl (C=O) groups excluding carboxylic acids is 2. The molecule has 0 spiro atoms. The molecular formula is C12H13FN2O4. The molecule has 0 saturated carbocycles. The molecule has 1 aliphatic carbocycles. The van der Waals surface area contributed by atoms with E-state index in [0.29, 0.717) is 18.4 Å². The molecule has 1 aliphatic rings. The smallest absolute Gasteiger partial charge is 0.405 e. The molecule has 0 unspecified atom stereocenters. The van der Waals surface area contributed by atoms with Crippen molar-refractivity contribution < 1.29 is 23.5 Å². The second-order valence-corrected chi connectivity index (χ2v) is 4.18. The predicted molar refractivity (Wildman–Crippen MR) is 62.6 cm³/mol. The number of halogens is 1. The van der Waals surface area contributed by atoms with Crippen molar-refractivity contribution in [3.8, 4) is 0 Å². The molecule has 2 rings (SSSR count). The summed E-state index contributed by atoms with van der Waals surface area (Å²) in [5, 5.41) is 0. The number of ether oxygens (including phenoxy) is 2. The summed E-state index contributed by atoms with van der Waals surface area (Å²) in [7, 11) is 0. The minimum atomic E-state index is -1.07. The first-order valence-electron chi connectivity index (χ1n) is 5.68. The van der Waals surface area contributed by atoms with Gasteiger partial charge in [-0.1, -0.05) is 12.1 Å². The van der Waals surface area contributed by atoms with Crippen LogP contribution in [0.25, 0.3) is 0 Å². The zero-order chi connectivity index (χ0) is 14.0. The van der Waals surface area contributed by atoms with Crippen molar-refractivity contribution in [3.63, 3.8) is 0 Å². The SMILES string of the molecule is NC(=O)O[C@@H]1CCc2cccc(F)c2[C@@H]1OC(N)=O. The molecule has 2 atom stereocenters. The number of nitrogens with two attached hydrogens (primary N) is 2. The van der Waals surface area contributed by atoms with Crippen molar-refractivity contribution in [1.29, 1.82) is 0 Å². The number of aryl methyl sites for hydroxylation is 1. The van der Waals surface area contributed by atoms with Crippen LogP contribution in [0.2, 0.25) is 0 Å². The average Bonchev–Trinajstić information content (AvgIpc) is 2.31. The third-order valence-corrected chi connectivity index (χ3v) is 2.97. The standard InChI is InChI=1S/C12H13FN2O4/c13-7-3-1-2-6-4-5-8(18-11(14)16)10(9(6)7)19-12(15)17/h1-3,8,10H,4-5H2,(H2,14,16)(H2,15,17)/t8-,10-/m1/s1. The van der Waals surface area contributed by atoms with E-state index in [-0.39, 0.29) is 5.56 Å². The van der Waals surface area contributed by atoms with Crippen LogP contribution in [-0.4, -0.2) is 18.3 Å². The fraction of sp³-hybridized carbons (Fsp3) is 0.333. The molecule has 19 heavy (non-hydrogen) atoms. The first-order chi connectivity index (χ1) is 8.99. The maximum atomic E-state index is 13.9. The molecule has 0 saturated heterocycles. The molecule has 0 bridgehead atoms. The van der Waals surface area contributed by atoms with Gasteiger partial charge in [0, 0.05) is 5.56 Å². The van der Waals surface area contributed by atoms with Crippen molar-refractivity contribution in [2.75, 3.05) is 0 Å².